The van der Waals surface area contributed by atoms with Crippen LogP contribution in [-0.2, 0) is 15.4 Å². The van der Waals surface area contributed by atoms with Crippen molar-refractivity contribution in [2.45, 2.75) is 30.3 Å². The van der Waals surface area contributed by atoms with Gasteiger partial charge in [-0.3, -0.25) is 4.21 Å². The summed E-state index contributed by atoms with van der Waals surface area (Å²) in [4.78, 5) is 11.2. The molecule has 0 heterocycles. The molecule has 0 radical (unpaired) electrons. The first kappa shape index (κ1) is 17.4. The van der Waals surface area contributed by atoms with Gasteiger partial charge >= 0.3 is 5.97 Å². The maximum atomic E-state index is 13.8. The summed E-state index contributed by atoms with van der Waals surface area (Å²) < 4.78 is 23.5. The first-order valence-electron chi connectivity index (χ1n) is 5.88. The molecule has 0 bridgehead atoms. The van der Waals surface area contributed by atoms with E-state index >= 15 is 0 Å². The third-order valence-electron chi connectivity index (χ3n) is 2.65. The van der Waals surface area contributed by atoms with E-state index in [1.54, 1.807) is 0 Å². The molecule has 0 aliphatic rings. The maximum Gasteiger partial charge on any atom is 0.335 e. The van der Waals surface area contributed by atoms with Crippen LogP contribution in [0.4, 0.5) is 4.39 Å². The topological polar surface area (TPSA) is 54.4 Å². The first-order valence-corrected chi connectivity index (χ1v) is 7.95. The predicted octanol–water partition coefficient (Wildman–Crippen LogP) is 4.01. The lowest BCUT2D eigenvalue weighted by Gasteiger charge is -2.19. The third kappa shape index (κ3) is 3.93. The zero-order valence-electron chi connectivity index (χ0n) is 11.2. The van der Waals surface area contributed by atoms with Gasteiger partial charge in [0, 0.05) is 11.3 Å². The Morgan fingerprint density at radius 3 is 2.40 bits per heavy atom. The van der Waals surface area contributed by atoms with Crippen LogP contribution in [0.3, 0.4) is 0 Å². The van der Waals surface area contributed by atoms with Gasteiger partial charge in [-0.2, -0.15) is 0 Å². The van der Waals surface area contributed by atoms with Crippen LogP contribution in [0, 0.1) is 12.8 Å². The molecular weight excluding hydrogens is 326 g/mol. The van der Waals surface area contributed by atoms with Crippen LogP contribution in [0.5, 0.6) is 0 Å². The second-order valence-electron chi connectivity index (χ2n) is 4.82. The molecule has 0 unspecified atom stereocenters. The zero-order valence-corrected chi connectivity index (χ0v) is 13.6. The van der Waals surface area contributed by atoms with Gasteiger partial charge < -0.3 is 5.11 Å². The van der Waals surface area contributed by atoms with E-state index in [9.17, 15) is 13.4 Å². The number of hydrogen-bond donors (Lipinski definition) is 1. The van der Waals surface area contributed by atoms with Gasteiger partial charge in [0.05, 0.1) is 21.3 Å². The molecule has 0 aliphatic carbocycles. The summed E-state index contributed by atoms with van der Waals surface area (Å²) in [5.74, 6) is -0.817. The highest BCUT2D eigenvalue weighted by Gasteiger charge is 2.32. The first-order chi connectivity index (χ1) is 9.05. The number of benzene rings is 1. The van der Waals surface area contributed by atoms with Crippen molar-refractivity contribution in [2.24, 2.45) is 5.92 Å². The Balaban J connectivity index is 3.53. The molecule has 0 aliphatic heterocycles. The number of aromatic carboxylic acids is 1. The summed E-state index contributed by atoms with van der Waals surface area (Å²) in [6.07, 6.45) is 0. The van der Waals surface area contributed by atoms with Crippen molar-refractivity contribution >= 4 is 40.0 Å². The molecule has 112 valence electrons. The molecule has 0 spiro atoms. The zero-order chi connectivity index (χ0) is 15.7. The molecule has 3 nitrogen and oxygen atoms in total. The van der Waals surface area contributed by atoms with E-state index in [1.807, 2.05) is 13.8 Å². The van der Waals surface area contributed by atoms with Crippen molar-refractivity contribution < 1.29 is 18.5 Å². The minimum atomic E-state index is -2.72. The number of carbonyl (C=O) groups is 1. The highest BCUT2D eigenvalue weighted by atomic mass is 35.5. The quantitative estimate of drug-likeness (QED) is 0.823. The highest BCUT2D eigenvalue weighted by molar-refractivity contribution is 7.85. The van der Waals surface area contributed by atoms with Crippen LogP contribution < -0.4 is 0 Å². The van der Waals surface area contributed by atoms with Crippen LogP contribution in [0.1, 0.15) is 35.3 Å². The fraction of sp³-hybridized carbons (Fsp3) is 0.462. The van der Waals surface area contributed by atoms with E-state index in [4.69, 9.17) is 28.3 Å². The number of carboxylic acids is 1. The van der Waals surface area contributed by atoms with E-state index in [0.717, 1.165) is 0 Å². The van der Waals surface area contributed by atoms with Gasteiger partial charge in [0.15, 0.2) is 0 Å². The van der Waals surface area contributed by atoms with E-state index < -0.39 is 21.4 Å². The molecule has 20 heavy (non-hydrogen) atoms. The Morgan fingerprint density at radius 1 is 1.45 bits per heavy atom. The molecule has 1 N–H and O–H groups in total. The molecule has 1 rings (SSSR count). The van der Waals surface area contributed by atoms with E-state index in [2.05, 4.69) is 0 Å². The summed E-state index contributed by atoms with van der Waals surface area (Å²) in [6, 6.07) is 2.38. The molecule has 0 saturated carbocycles. The van der Waals surface area contributed by atoms with Crippen LogP contribution >= 0.6 is 23.2 Å². The van der Waals surface area contributed by atoms with Crippen LogP contribution in [0.25, 0.3) is 0 Å². The van der Waals surface area contributed by atoms with Crippen molar-refractivity contribution in [3.63, 3.8) is 0 Å². The van der Waals surface area contributed by atoms with Crippen molar-refractivity contribution in [1.82, 2.24) is 0 Å². The van der Waals surface area contributed by atoms with Crippen molar-refractivity contribution in [1.29, 1.82) is 0 Å². The second-order valence-corrected chi connectivity index (χ2v) is 7.49. The normalized spacial score (nSPS) is 13.6. The Bertz CT molecular complexity index is 553. The van der Waals surface area contributed by atoms with Crippen LogP contribution in [-0.4, -0.2) is 21.0 Å². The Hall–Kier alpha value is -0.650. The van der Waals surface area contributed by atoms with Gasteiger partial charge in [0.25, 0.3) is 4.59 Å². The minimum absolute atomic E-state index is 0.0431. The maximum absolute atomic E-state index is 13.8. The number of carboxylic acid groups (broad SMARTS) is 1. The fourth-order valence-electron chi connectivity index (χ4n) is 1.83. The lowest BCUT2D eigenvalue weighted by atomic mass is 10.1. The van der Waals surface area contributed by atoms with Gasteiger partial charge in [-0.25, -0.2) is 9.18 Å². The summed E-state index contributed by atoms with van der Waals surface area (Å²) in [5, 5.41) is 9.09. The predicted molar refractivity (Wildman–Crippen MR) is 78.7 cm³/mol. The second kappa shape index (κ2) is 6.41. The minimum Gasteiger partial charge on any atom is -0.478 e. The molecular formula is C13H15Cl2FO3S. The van der Waals surface area contributed by atoms with Gasteiger partial charge in [-0.05, 0) is 24.5 Å². The summed E-state index contributed by atoms with van der Waals surface area (Å²) in [6.45, 7) is 5.19. The van der Waals surface area contributed by atoms with Crippen LogP contribution in [0.15, 0.2) is 17.0 Å². The summed E-state index contributed by atoms with van der Waals surface area (Å²) in [7, 11) is -1.58. The average molecular weight is 341 g/mol. The Kier molecular flexibility index (Phi) is 5.58. The third-order valence-corrected chi connectivity index (χ3v) is 5.01. The standard InChI is InChI=1S/C13H15Cl2FO3S/c1-7(2)6-20(19)11-8(3)9(12(17)18)4-5-10(11)13(14,15)16/h4-5,7H,6H2,1-3H3,(H,17,18)/t20-/m0/s1. The number of rotatable bonds is 5. The molecule has 7 heteroatoms. The number of hydrogen-bond acceptors (Lipinski definition) is 2. The van der Waals surface area contributed by atoms with Gasteiger partial charge in [0.2, 0.25) is 0 Å². The fourth-order valence-corrected chi connectivity index (χ4v) is 3.93. The van der Waals surface area contributed by atoms with Gasteiger partial charge in [-0.1, -0.05) is 43.1 Å². The van der Waals surface area contributed by atoms with Crippen molar-refractivity contribution in [2.75, 3.05) is 5.75 Å². The van der Waals surface area contributed by atoms with E-state index in [-0.39, 0.29) is 33.3 Å². The summed E-state index contributed by atoms with van der Waals surface area (Å²) >= 11 is 10.9. The van der Waals surface area contributed by atoms with Crippen LogP contribution in [0.2, 0.25) is 0 Å². The highest BCUT2D eigenvalue weighted by Crippen LogP contribution is 2.40. The number of halogens is 3. The molecule has 1 aromatic rings. The van der Waals surface area contributed by atoms with E-state index in [0.29, 0.717) is 0 Å². The molecule has 1 atom stereocenters. The lowest BCUT2D eigenvalue weighted by molar-refractivity contribution is 0.0695. The largest absolute Gasteiger partial charge is 0.478 e. The molecule has 0 amide bonds. The average Bonchev–Trinajstić information content (AvgIpc) is 2.25. The molecule has 1 aromatic carbocycles. The summed E-state index contributed by atoms with van der Waals surface area (Å²) in [5.41, 5.74) is 0.0121. The number of alkyl halides is 3. The molecule has 0 saturated heterocycles. The SMILES string of the molecule is Cc1c(C(=O)O)ccc(C(F)(Cl)Cl)c1[S@@](=O)CC(C)C. The van der Waals surface area contributed by atoms with Gasteiger partial charge in [-0.15, -0.1) is 0 Å². The van der Waals surface area contributed by atoms with Gasteiger partial charge in [0.1, 0.15) is 0 Å². The molecule has 0 fully saturated rings. The van der Waals surface area contributed by atoms with Crippen molar-refractivity contribution in [3.05, 3.63) is 28.8 Å². The Labute approximate surface area is 129 Å². The lowest BCUT2D eigenvalue weighted by Crippen LogP contribution is -2.16. The monoisotopic (exact) mass is 340 g/mol. The smallest absolute Gasteiger partial charge is 0.335 e. The van der Waals surface area contributed by atoms with Crippen molar-refractivity contribution in [3.8, 4) is 0 Å². The Morgan fingerprint density at radius 2 is 2.00 bits per heavy atom. The molecule has 0 aromatic heterocycles. The van der Waals surface area contributed by atoms with E-state index in [1.165, 1.54) is 19.1 Å².